The summed E-state index contributed by atoms with van der Waals surface area (Å²) in [5.74, 6) is 0. The number of benzene rings is 1. The zero-order valence-electron chi connectivity index (χ0n) is 9.84. The Morgan fingerprint density at radius 1 is 1.18 bits per heavy atom. The molecule has 1 aliphatic heterocycles. The molecule has 3 heteroatoms. The highest BCUT2D eigenvalue weighted by atomic mass is 127. The number of halogens is 1. The number of likely N-dealkylation sites (tertiary alicyclic amines) is 1. The summed E-state index contributed by atoms with van der Waals surface area (Å²) < 4.78 is 2.79. The summed E-state index contributed by atoms with van der Waals surface area (Å²) in [5.41, 5.74) is 1.56. The van der Waals surface area contributed by atoms with E-state index in [1.54, 1.807) is 10.5 Å². The fraction of sp³-hybridized carbons (Fsp3) is 0.429. The van der Waals surface area contributed by atoms with Crippen molar-refractivity contribution in [1.29, 1.82) is 0 Å². The molecule has 2 aromatic rings. The fourth-order valence-corrected chi connectivity index (χ4v) is 4.12. The van der Waals surface area contributed by atoms with Gasteiger partial charge in [-0.15, -0.1) is 11.3 Å². The van der Waals surface area contributed by atoms with E-state index in [-0.39, 0.29) is 0 Å². The maximum absolute atomic E-state index is 2.41. The molecule has 0 radical (unpaired) electrons. The van der Waals surface area contributed by atoms with Crippen LogP contribution in [0.3, 0.4) is 0 Å². The lowest BCUT2D eigenvalue weighted by Crippen LogP contribution is -3.11. The van der Waals surface area contributed by atoms with Gasteiger partial charge in [0.05, 0.1) is 13.1 Å². The van der Waals surface area contributed by atoms with Crippen molar-refractivity contribution in [2.45, 2.75) is 25.8 Å². The number of hydrogen-bond donors (Lipinski definition) is 1. The zero-order valence-corrected chi connectivity index (χ0v) is 12.8. The Labute approximate surface area is 120 Å². The Hall–Kier alpha value is -0.130. The lowest BCUT2D eigenvalue weighted by atomic mass is 10.1. The standard InChI is InChI=1S/C14H16INS/c15-12-4-5-14-13(8-12)11(10-17-14)9-16-6-2-1-3-7-16/h4-5,8,10H,1-3,6-7,9H2/p+1. The predicted molar refractivity (Wildman–Crippen MR) is 82.8 cm³/mol. The van der Waals surface area contributed by atoms with Crippen molar-refractivity contribution in [1.82, 2.24) is 0 Å². The highest BCUT2D eigenvalue weighted by Crippen LogP contribution is 2.27. The van der Waals surface area contributed by atoms with E-state index in [4.69, 9.17) is 0 Å². The van der Waals surface area contributed by atoms with Crippen LogP contribution in [0.15, 0.2) is 23.6 Å². The minimum Gasteiger partial charge on any atom is -0.331 e. The second kappa shape index (κ2) is 5.24. The molecule has 1 fully saturated rings. The number of rotatable bonds is 2. The van der Waals surface area contributed by atoms with Crippen LogP contribution in [0.5, 0.6) is 0 Å². The summed E-state index contributed by atoms with van der Waals surface area (Å²) in [7, 11) is 0. The fourth-order valence-electron chi connectivity index (χ4n) is 2.69. The van der Waals surface area contributed by atoms with Crippen LogP contribution in [0, 0.1) is 3.57 Å². The van der Waals surface area contributed by atoms with E-state index in [2.05, 4.69) is 46.2 Å². The first-order chi connectivity index (χ1) is 8.33. The van der Waals surface area contributed by atoms with Gasteiger partial charge in [0, 0.05) is 24.6 Å². The molecule has 1 aromatic carbocycles. The van der Waals surface area contributed by atoms with E-state index < -0.39 is 0 Å². The first-order valence-electron chi connectivity index (χ1n) is 6.32. The van der Waals surface area contributed by atoms with E-state index in [1.165, 1.54) is 52.6 Å². The van der Waals surface area contributed by atoms with Crippen LogP contribution in [0.2, 0.25) is 0 Å². The molecule has 90 valence electrons. The van der Waals surface area contributed by atoms with Gasteiger partial charge >= 0.3 is 0 Å². The van der Waals surface area contributed by atoms with Crippen molar-refractivity contribution < 1.29 is 4.90 Å². The molecule has 1 saturated heterocycles. The van der Waals surface area contributed by atoms with Gasteiger partial charge in [0.1, 0.15) is 6.54 Å². The number of quaternary nitrogens is 1. The van der Waals surface area contributed by atoms with Crippen molar-refractivity contribution in [2.75, 3.05) is 13.1 Å². The quantitative estimate of drug-likeness (QED) is 0.787. The smallest absolute Gasteiger partial charge is 0.104 e. The van der Waals surface area contributed by atoms with Crippen LogP contribution in [0.4, 0.5) is 0 Å². The van der Waals surface area contributed by atoms with Crippen LogP contribution in [0.25, 0.3) is 10.1 Å². The number of thiophene rings is 1. The van der Waals surface area contributed by atoms with E-state index >= 15 is 0 Å². The lowest BCUT2D eigenvalue weighted by molar-refractivity contribution is -0.918. The minimum atomic E-state index is 1.22. The van der Waals surface area contributed by atoms with Crippen molar-refractivity contribution in [3.8, 4) is 0 Å². The summed E-state index contributed by atoms with van der Waals surface area (Å²) >= 11 is 4.31. The number of piperidine rings is 1. The third-order valence-corrected chi connectivity index (χ3v) is 5.30. The van der Waals surface area contributed by atoms with E-state index in [0.717, 1.165) is 0 Å². The SMILES string of the molecule is Ic1ccc2scc(C[NH+]3CCCCC3)c2c1. The number of hydrogen-bond acceptors (Lipinski definition) is 1. The first-order valence-corrected chi connectivity index (χ1v) is 8.28. The van der Waals surface area contributed by atoms with Crippen LogP contribution >= 0.6 is 33.9 Å². The second-order valence-corrected chi connectivity index (χ2v) is 7.05. The average Bonchev–Trinajstić information content (AvgIpc) is 2.73. The summed E-state index contributed by atoms with van der Waals surface area (Å²) in [6, 6.07) is 6.80. The monoisotopic (exact) mass is 358 g/mol. The topological polar surface area (TPSA) is 4.44 Å². The molecule has 0 saturated carbocycles. The Morgan fingerprint density at radius 3 is 2.82 bits per heavy atom. The van der Waals surface area contributed by atoms with Gasteiger partial charge in [-0.05, 0) is 60.1 Å². The van der Waals surface area contributed by atoms with Gasteiger partial charge < -0.3 is 4.90 Å². The molecule has 0 unspecified atom stereocenters. The molecule has 17 heavy (non-hydrogen) atoms. The van der Waals surface area contributed by atoms with E-state index in [0.29, 0.717) is 0 Å². The van der Waals surface area contributed by atoms with Crippen LogP contribution < -0.4 is 4.90 Å². The molecular formula is C14H17INS+. The largest absolute Gasteiger partial charge is 0.331 e. The molecule has 0 amide bonds. The predicted octanol–water partition coefficient (Wildman–Crippen LogP) is 3.07. The third kappa shape index (κ3) is 2.66. The molecule has 0 spiro atoms. The molecular weight excluding hydrogens is 341 g/mol. The Kier molecular flexibility index (Phi) is 3.68. The molecule has 3 rings (SSSR count). The Bertz CT molecular complexity index is 514. The molecule has 1 nitrogen and oxygen atoms in total. The highest BCUT2D eigenvalue weighted by molar-refractivity contribution is 14.1. The molecule has 2 heterocycles. The zero-order chi connectivity index (χ0) is 11.7. The van der Waals surface area contributed by atoms with Gasteiger partial charge in [-0.25, -0.2) is 0 Å². The number of fused-ring (bicyclic) bond motifs is 1. The van der Waals surface area contributed by atoms with Gasteiger partial charge in [-0.3, -0.25) is 0 Å². The summed E-state index contributed by atoms with van der Waals surface area (Å²) in [5, 5.41) is 3.85. The molecule has 1 aliphatic rings. The maximum Gasteiger partial charge on any atom is 0.104 e. The van der Waals surface area contributed by atoms with Crippen LogP contribution in [0.1, 0.15) is 24.8 Å². The number of nitrogens with one attached hydrogen (secondary N) is 1. The minimum absolute atomic E-state index is 1.22. The van der Waals surface area contributed by atoms with E-state index in [1.807, 2.05) is 11.3 Å². The highest BCUT2D eigenvalue weighted by Gasteiger charge is 2.16. The molecule has 1 aromatic heterocycles. The average molecular weight is 358 g/mol. The van der Waals surface area contributed by atoms with Crippen LogP contribution in [-0.2, 0) is 6.54 Å². The third-order valence-electron chi connectivity index (χ3n) is 3.62. The van der Waals surface area contributed by atoms with Crippen LogP contribution in [-0.4, -0.2) is 13.1 Å². The van der Waals surface area contributed by atoms with Gasteiger partial charge in [-0.2, -0.15) is 0 Å². The van der Waals surface area contributed by atoms with Crippen molar-refractivity contribution in [3.05, 3.63) is 32.7 Å². The molecule has 0 aliphatic carbocycles. The molecule has 1 N–H and O–H groups in total. The van der Waals surface area contributed by atoms with Crippen molar-refractivity contribution >= 4 is 44.0 Å². The Balaban J connectivity index is 1.86. The summed E-state index contributed by atoms with van der Waals surface area (Å²) in [6.07, 6.45) is 4.26. The summed E-state index contributed by atoms with van der Waals surface area (Å²) in [6.45, 7) is 3.95. The molecule has 0 bridgehead atoms. The maximum atomic E-state index is 2.41. The van der Waals surface area contributed by atoms with Crippen molar-refractivity contribution in [3.63, 3.8) is 0 Å². The molecule has 0 atom stereocenters. The van der Waals surface area contributed by atoms with Gasteiger partial charge in [0.25, 0.3) is 0 Å². The van der Waals surface area contributed by atoms with Gasteiger partial charge in [0.15, 0.2) is 0 Å². The van der Waals surface area contributed by atoms with E-state index in [9.17, 15) is 0 Å². The Morgan fingerprint density at radius 2 is 2.00 bits per heavy atom. The van der Waals surface area contributed by atoms with Gasteiger partial charge in [-0.1, -0.05) is 0 Å². The normalized spacial score (nSPS) is 17.7. The van der Waals surface area contributed by atoms with Gasteiger partial charge in [0.2, 0.25) is 0 Å². The summed E-state index contributed by atoms with van der Waals surface area (Å²) in [4.78, 5) is 1.77. The first kappa shape index (κ1) is 11.9. The lowest BCUT2D eigenvalue weighted by Gasteiger charge is -2.23. The van der Waals surface area contributed by atoms with Crippen molar-refractivity contribution in [2.24, 2.45) is 0 Å². The second-order valence-electron chi connectivity index (χ2n) is 4.89.